The maximum Gasteiger partial charge on any atom is 0.411 e. The minimum absolute atomic E-state index is 0.0479. The number of fused-ring (bicyclic) bond motifs is 2. The van der Waals surface area contributed by atoms with Crippen molar-refractivity contribution < 1.29 is 87.7 Å². The highest BCUT2D eigenvalue weighted by Crippen LogP contribution is 2.33. The smallest absolute Gasteiger partial charge is 0.411 e. The lowest BCUT2D eigenvalue weighted by atomic mass is 9.76. The zero-order valence-corrected chi connectivity index (χ0v) is 57.7. The van der Waals surface area contributed by atoms with Gasteiger partial charge in [0.1, 0.15) is 42.8 Å². The number of carboxylic acid groups (broad SMARTS) is 2. The number of carboxylic acids is 2. The van der Waals surface area contributed by atoms with Crippen molar-refractivity contribution in [3.63, 3.8) is 0 Å². The summed E-state index contributed by atoms with van der Waals surface area (Å²) < 4.78 is 16.9. The Kier molecular flexibility index (Phi) is 28.2. The Balaban J connectivity index is 1.08. The molecule has 0 aliphatic carbocycles. The van der Waals surface area contributed by atoms with Gasteiger partial charge in [0.05, 0.1) is 24.3 Å². The first-order chi connectivity index (χ1) is 46.7. The SMILES string of the molecule is CCC(=O)NC[C@H](NC(=O)CCCCC(=O)N1Cc2ccccc2C#Cc2ccccc21)C(=O)NCCC(=O)NCc1cc(COC(=O)Nc2cccc(C(C)(C)[C@H](NC)C(=O)N[C@H](C(=O)N(C)[C@H](/C=C(\C)C(=O)O)C(C)C)C(C)(C)C)c2)ccc1O[C@@H]1O[C@H](C(=O)O)[C@@H](O)[C@H](O)[C@H]1O. The fourth-order valence-corrected chi connectivity index (χ4v) is 11.3. The lowest BCUT2D eigenvalue weighted by Crippen LogP contribution is -2.61. The molecule has 0 radical (unpaired) electrons. The topological polar surface area (TPSA) is 390 Å². The summed E-state index contributed by atoms with van der Waals surface area (Å²) in [5.74, 6) is 0.0112. The van der Waals surface area contributed by atoms with Crippen molar-refractivity contribution in [1.29, 1.82) is 0 Å². The number of ether oxygens (including phenoxy) is 3. The van der Waals surface area contributed by atoms with Gasteiger partial charge < -0.3 is 81.4 Å². The number of hydrogen-bond acceptors (Lipinski definition) is 17. The van der Waals surface area contributed by atoms with Gasteiger partial charge >= 0.3 is 18.0 Å². The normalized spacial score (nSPS) is 17.9. The Morgan fingerprint density at radius 3 is 2.09 bits per heavy atom. The largest absolute Gasteiger partial charge is 0.479 e. The van der Waals surface area contributed by atoms with E-state index in [0.29, 0.717) is 41.8 Å². The lowest BCUT2D eigenvalue weighted by Gasteiger charge is -2.40. The van der Waals surface area contributed by atoms with Gasteiger partial charge in [0, 0.05) is 85.7 Å². The minimum Gasteiger partial charge on any atom is -0.479 e. The highest BCUT2D eigenvalue weighted by molar-refractivity contribution is 5.96. The predicted octanol–water partition coefficient (Wildman–Crippen LogP) is 4.26. The Labute approximate surface area is 576 Å². The van der Waals surface area contributed by atoms with Gasteiger partial charge in [-0.2, -0.15) is 0 Å². The highest BCUT2D eigenvalue weighted by atomic mass is 16.7. The molecule has 9 atom stereocenters. The van der Waals surface area contributed by atoms with Crippen LogP contribution in [0.5, 0.6) is 5.75 Å². The molecule has 4 aromatic carbocycles. The van der Waals surface area contributed by atoms with Gasteiger partial charge in [-0.25, -0.2) is 14.4 Å². The average molecular weight is 1370 g/mol. The van der Waals surface area contributed by atoms with Crippen LogP contribution in [-0.2, 0) is 77.7 Å². The number of nitrogens with zero attached hydrogens (tertiary/aromatic N) is 2. The molecular formula is C72H93N9O18. The molecular weight excluding hydrogens is 1280 g/mol. The molecule has 4 aromatic rings. The Hall–Kier alpha value is -9.72. The maximum atomic E-state index is 14.3. The van der Waals surface area contributed by atoms with E-state index in [4.69, 9.17) is 14.2 Å². The third-order valence-electron chi connectivity index (χ3n) is 17.1. The number of hydrogen-bond donors (Lipinski definition) is 12. The van der Waals surface area contributed by atoms with Crippen molar-refractivity contribution in [2.75, 3.05) is 37.4 Å². The number of carbonyl (C=O) groups is 10. The summed E-state index contributed by atoms with van der Waals surface area (Å²) in [6.45, 7) is 14.9. The monoisotopic (exact) mass is 1370 g/mol. The zero-order chi connectivity index (χ0) is 73.1. The van der Waals surface area contributed by atoms with Crippen LogP contribution in [0.25, 0.3) is 0 Å². The molecule has 27 nitrogen and oxygen atoms in total. The number of para-hydroxylation sites is 1. The molecule has 2 aliphatic heterocycles. The quantitative estimate of drug-likeness (QED) is 0.0190. The molecule has 0 aromatic heterocycles. The van der Waals surface area contributed by atoms with Crippen molar-refractivity contribution >= 4 is 70.8 Å². The van der Waals surface area contributed by atoms with Crippen LogP contribution < -0.4 is 46.9 Å². The van der Waals surface area contributed by atoms with E-state index >= 15 is 0 Å². The molecule has 6 rings (SSSR count). The Morgan fingerprint density at radius 2 is 1.42 bits per heavy atom. The van der Waals surface area contributed by atoms with Crippen molar-refractivity contribution in [3.05, 3.63) is 136 Å². The molecule has 2 aliphatic rings. The summed E-state index contributed by atoms with van der Waals surface area (Å²) in [4.78, 5) is 135. The molecule has 0 unspecified atom stereocenters. The molecule has 12 N–H and O–H groups in total. The third kappa shape index (κ3) is 21.6. The molecule has 1 fully saturated rings. The molecule has 1 saturated heterocycles. The van der Waals surface area contributed by atoms with Crippen molar-refractivity contribution in [3.8, 4) is 17.6 Å². The molecule has 0 bridgehead atoms. The summed E-state index contributed by atoms with van der Waals surface area (Å²) in [7, 11) is 3.17. The van der Waals surface area contributed by atoms with E-state index < -0.39 is 113 Å². The number of aliphatic carboxylic acids is 2. The summed E-state index contributed by atoms with van der Waals surface area (Å²) in [5.41, 5.74) is 2.76. The van der Waals surface area contributed by atoms with E-state index in [1.807, 2.05) is 97.0 Å². The molecule has 0 saturated carbocycles. The number of carbonyl (C=O) groups excluding carboxylic acids is 8. The number of benzene rings is 4. The van der Waals surface area contributed by atoms with E-state index in [2.05, 4.69) is 49.1 Å². The second-order valence-corrected chi connectivity index (χ2v) is 26.4. The van der Waals surface area contributed by atoms with Crippen LogP contribution >= 0.6 is 0 Å². The van der Waals surface area contributed by atoms with E-state index in [0.717, 1.165) is 11.1 Å². The van der Waals surface area contributed by atoms with Crippen LogP contribution in [-0.4, -0.2) is 172 Å². The van der Waals surface area contributed by atoms with Gasteiger partial charge in [0.15, 0.2) is 6.10 Å². The molecule has 99 heavy (non-hydrogen) atoms. The highest BCUT2D eigenvalue weighted by Gasteiger charge is 2.48. The van der Waals surface area contributed by atoms with Crippen LogP contribution in [0.3, 0.4) is 0 Å². The van der Waals surface area contributed by atoms with Crippen molar-refractivity contribution in [2.24, 2.45) is 11.3 Å². The number of aliphatic hydroxyl groups excluding tert-OH is 3. The summed E-state index contributed by atoms with van der Waals surface area (Å²) in [6, 6.07) is 22.1. The third-order valence-corrected chi connectivity index (χ3v) is 17.1. The lowest BCUT2D eigenvalue weighted by molar-refractivity contribution is -0.271. The van der Waals surface area contributed by atoms with Crippen LogP contribution in [0.1, 0.15) is 134 Å². The molecule has 0 spiro atoms. The fourth-order valence-electron chi connectivity index (χ4n) is 11.3. The number of anilines is 2. The van der Waals surface area contributed by atoms with Gasteiger partial charge in [0.25, 0.3) is 0 Å². The zero-order valence-electron chi connectivity index (χ0n) is 57.7. The minimum atomic E-state index is -2.02. The summed E-state index contributed by atoms with van der Waals surface area (Å²) in [6.07, 6.45) is -8.75. The molecule has 27 heteroatoms. The van der Waals surface area contributed by atoms with Crippen molar-refractivity contribution in [1.82, 2.24) is 36.8 Å². The van der Waals surface area contributed by atoms with Gasteiger partial charge in [-0.05, 0) is 97.3 Å². The van der Waals surface area contributed by atoms with Crippen molar-refractivity contribution in [2.45, 2.75) is 181 Å². The first-order valence-electron chi connectivity index (χ1n) is 32.8. The number of nitrogens with one attached hydrogen (secondary N) is 7. The van der Waals surface area contributed by atoms with Crippen LogP contribution in [0, 0.1) is 23.2 Å². The second-order valence-electron chi connectivity index (χ2n) is 26.4. The predicted molar refractivity (Wildman–Crippen MR) is 365 cm³/mol. The number of amides is 8. The van der Waals surface area contributed by atoms with Gasteiger partial charge in [-0.3, -0.25) is 38.9 Å². The van der Waals surface area contributed by atoms with E-state index in [9.17, 15) is 73.5 Å². The van der Waals surface area contributed by atoms with E-state index in [1.165, 1.54) is 36.1 Å². The average Bonchev–Trinajstić information content (AvgIpc) is 0.813. The van der Waals surface area contributed by atoms with Crippen LogP contribution in [0.15, 0.2) is 103 Å². The number of unbranched alkanes of at least 4 members (excludes halogenated alkanes) is 1. The number of aliphatic hydroxyl groups is 3. The van der Waals surface area contributed by atoms with Crippen LogP contribution in [0.2, 0.25) is 0 Å². The first kappa shape index (κ1) is 78.3. The summed E-state index contributed by atoms with van der Waals surface area (Å²) >= 11 is 0. The standard InChI is InChI=1S/C72H93N9O18/c1-12-54(82)76-38-50(78-56(84)26-17-18-27-57(85)81-39-46-22-14-13-20-44(46)29-30-45-21-15-16-25-51(45)81)64(89)74-33-32-55(83)75-37-47-35-43(28-31-53(47)98-69-60(88)58(86)59(87)61(99-69)68(94)95)40-97-70(96)77-49-24-19-23-48(36-49)72(8,9)62(73-10)65(90)79-63(71(5,6)7)66(91)80(11)52(41(2)3)34-42(4)67(92)93/h13-16,19-25,28,31,34-36,41,50,52,58-63,69,73,86-88H,12,17-18,26-27,32-33,37-40H2,1-11H3,(H,74,89)(H,75,83)(H,76,82)(H,77,96)(H,78,84)(H,79,90)(H,92,93)(H,94,95)/b42-34+/t50-,52+,58-,59-,60+,61-,62+,63+,69+/m0/s1. The molecule has 534 valence electrons. The maximum absolute atomic E-state index is 14.3. The van der Waals surface area contributed by atoms with Gasteiger partial charge in [0.2, 0.25) is 47.6 Å². The Bertz CT molecular complexity index is 3690. The van der Waals surface area contributed by atoms with Gasteiger partial charge in [-0.1, -0.05) is 122 Å². The van der Waals surface area contributed by atoms with E-state index in [-0.39, 0.29) is 92.2 Å². The van der Waals surface area contributed by atoms with Crippen LogP contribution in [0.4, 0.5) is 16.2 Å². The second kappa shape index (κ2) is 35.7. The fraction of sp³-hybridized carbons (Fsp3) is 0.472. The molecule has 8 amide bonds. The molecule has 2 heterocycles. The first-order valence-corrected chi connectivity index (χ1v) is 32.8. The van der Waals surface area contributed by atoms with Gasteiger partial charge in [-0.15, -0.1) is 0 Å². The van der Waals surface area contributed by atoms with E-state index in [1.54, 1.807) is 50.2 Å². The number of likely N-dealkylation sites (N-methyl/N-ethyl adjacent to an activating group) is 2. The summed E-state index contributed by atoms with van der Waals surface area (Å²) in [5, 5.41) is 70.3. The number of rotatable bonds is 31. The Morgan fingerprint density at radius 1 is 0.747 bits per heavy atom.